The normalized spacial score (nSPS) is 11.1. The number of nitriles is 1. The fourth-order valence-electron chi connectivity index (χ4n) is 3.25. The van der Waals surface area contributed by atoms with Gasteiger partial charge in [-0.3, -0.25) is 4.79 Å². The van der Waals surface area contributed by atoms with Gasteiger partial charge in [-0.15, -0.1) is 0 Å². The highest BCUT2D eigenvalue weighted by Crippen LogP contribution is 2.24. The molecule has 29 heavy (non-hydrogen) atoms. The number of anilines is 2. The van der Waals surface area contributed by atoms with Crippen molar-refractivity contribution in [3.63, 3.8) is 0 Å². The molecule has 1 amide bonds. The number of aryl methyl sites for hydroxylation is 1. The molecule has 5 heteroatoms. The van der Waals surface area contributed by atoms with Crippen molar-refractivity contribution in [2.24, 2.45) is 0 Å². The lowest BCUT2D eigenvalue weighted by atomic mass is 10.1. The van der Waals surface area contributed by atoms with E-state index in [1.54, 1.807) is 18.2 Å². The summed E-state index contributed by atoms with van der Waals surface area (Å²) in [5.41, 5.74) is 5.74. The monoisotopic (exact) mass is 384 g/mol. The van der Waals surface area contributed by atoms with Gasteiger partial charge in [0, 0.05) is 42.5 Å². The zero-order valence-corrected chi connectivity index (χ0v) is 17.1. The minimum absolute atomic E-state index is 0.0667. The minimum Gasteiger partial charge on any atom is -0.378 e. The number of nitrogens with zero attached hydrogens (tertiary/aromatic N) is 3. The first-order valence-corrected chi connectivity index (χ1v) is 9.35. The summed E-state index contributed by atoms with van der Waals surface area (Å²) in [6.07, 6.45) is 1.64. The van der Waals surface area contributed by atoms with Gasteiger partial charge in [0.25, 0.3) is 5.91 Å². The van der Waals surface area contributed by atoms with Crippen LogP contribution in [0.1, 0.15) is 17.0 Å². The van der Waals surface area contributed by atoms with Crippen molar-refractivity contribution in [1.29, 1.82) is 5.26 Å². The van der Waals surface area contributed by atoms with Crippen molar-refractivity contribution in [3.8, 4) is 11.8 Å². The highest BCUT2D eigenvalue weighted by atomic mass is 16.1. The fraction of sp³-hybridized carbons (Fsp3) is 0.167. The summed E-state index contributed by atoms with van der Waals surface area (Å²) in [7, 11) is 4.02. The second kappa shape index (κ2) is 8.49. The average Bonchev–Trinajstić information content (AvgIpc) is 2.99. The van der Waals surface area contributed by atoms with Crippen LogP contribution in [0.25, 0.3) is 11.8 Å². The van der Waals surface area contributed by atoms with Crippen LogP contribution in [0.4, 0.5) is 11.4 Å². The second-order valence-corrected chi connectivity index (χ2v) is 7.06. The Bertz CT molecular complexity index is 1080. The fourth-order valence-corrected chi connectivity index (χ4v) is 3.25. The quantitative estimate of drug-likeness (QED) is 0.512. The minimum atomic E-state index is -0.418. The van der Waals surface area contributed by atoms with Crippen molar-refractivity contribution in [2.75, 3.05) is 24.3 Å². The molecule has 0 saturated carbocycles. The molecule has 1 heterocycles. The van der Waals surface area contributed by atoms with Crippen LogP contribution >= 0.6 is 0 Å². The maximum Gasteiger partial charge on any atom is 0.266 e. The van der Waals surface area contributed by atoms with Crippen LogP contribution in [0.15, 0.2) is 66.2 Å². The van der Waals surface area contributed by atoms with Gasteiger partial charge in [-0.25, -0.2) is 0 Å². The molecule has 0 saturated heterocycles. The molecule has 1 N–H and O–H groups in total. The number of benzene rings is 2. The van der Waals surface area contributed by atoms with Crippen molar-refractivity contribution in [1.82, 2.24) is 4.57 Å². The Kier molecular flexibility index (Phi) is 5.85. The number of para-hydroxylation sites is 1. The van der Waals surface area contributed by atoms with E-state index in [2.05, 4.69) is 39.0 Å². The molecule has 0 bridgehead atoms. The third kappa shape index (κ3) is 4.39. The van der Waals surface area contributed by atoms with Crippen LogP contribution in [0, 0.1) is 25.2 Å². The Morgan fingerprint density at radius 2 is 1.72 bits per heavy atom. The number of hydrogen-bond acceptors (Lipinski definition) is 3. The van der Waals surface area contributed by atoms with Gasteiger partial charge in [0.1, 0.15) is 11.6 Å². The summed E-state index contributed by atoms with van der Waals surface area (Å²) >= 11 is 0. The predicted octanol–water partition coefficient (Wildman–Crippen LogP) is 4.71. The van der Waals surface area contributed by atoms with E-state index in [-0.39, 0.29) is 5.57 Å². The van der Waals surface area contributed by atoms with Crippen LogP contribution in [0.5, 0.6) is 0 Å². The zero-order chi connectivity index (χ0) is 21.0. The van der Waals surface area contributed by atoms with Gasteiger partial charge in [-0.2, -0.15) is 5.26 Å². The molecule has 3 rings (SSSR count). The largest absolute Gasteiger partial charge is 0.378 e. The van der Waals surface area contributed by atoms with E-state index in [4.69, 9.17) is 0 Å². The molecule has 146 valence electrons. The molecule has 0 unspecified atom stereocenters. The number of carbonyl (C=O) groups is 1. The van der Waals surface area contributed by atoms with E-state index in [9.17, 15) is 10.1 Å². The highest BCUT2D eigenvalue weighted by Gasteiger charge is 2.14. The third-order valence-electron chi connectivity index (χ3n) is 4.79. The van der Waals surface area contributed by atoms with E-state index in [0.29, 0.717) is 5.69 Å². The Morgan fingerprint density at radius 3 is 2.31 bits per heavy atom. The molecule has 2 aromatic carbocycles. The van der Waals surface area contributed by atoms with Crippen molar-refractivity contribution in [3.05, 3.63) is 83.2 Å². The first-order valence-electron chi connectivity index (χ1n) is 9.35. The molecule has 0 aliphatic rings. The molecule has 0 atom stereocenters. The summed E-state index contributed by atoms with van der Waals surface area (Å²) in [5.74, 6) is -0.418. The predicted molar refractivity (Wildman–Crippen MR) is 118 cm³/mol. The number of carbonyl (C=O) groups excluding carboxylic acids is 1. The number of amides is 1. The van der Waals surface area contributed by atoms with Gasteiger partial charge in [-0.1, -0.05) is 18.2 Å². The van der Waals surface area contributed by atoms with Crippen molar-refractivity contribution >= 4 is 23.4 Å². The number of aromatic nitrogens is 1. The van der Waals surface area contributed by atoms with Gasteiger partial charge < -0.3 is 14.8 Å². The summed E-state index contributed by atoms with van der Waals surface area (Å²) in [6, 6.07) is 21.4. The second-order valence-electron chi connectivity index (χ2n) is 7.06. The van der Waals surface area contributed by atoms with Gasteiger partial charge in [0.05, 0.1) is 0 Å². The molecule has 5 nitrogen and oxygen atoms in total. The molecule has 0 radical (unpaired) electrons. The van der Waals surface area contributed by atoms with Gasteiger partial charge in [0.15, 0.2) is 0 Å². The summed E-state index contributed by atoms with van der Waals surface area (Å²) < 4.78 is 2.12. The molecule has 3 aromatic rings. The maximum atomic E-state index is 12.5. The summed E-state index contributed by atoms with van der Waals surface area (Å²) in [6.45, 7) is 4.00. The lowest BCUT2D eigenvalue weighted by molar-refractivity contribution is -0.112. The molecule has 0 fully saturated rings. The van der Waals surface area contributed by atoms with Crippen LogP contribution in [-0.4, -0.2) is 24.6 Å². The Morgan fingerprint density at radius 1 is 1.07 bits per heavy atom. The molecule has 1 aromatic heterocycles. The van der Waals surface area contributed by atoms with Crippen LogP contribution in [0.2, 0.25) is 0 Å². The van der Waals surface area contributed by atoms with Crippen LogP contribution in [0.3, 0.4) is 0 Å². The lowest BCUT2D eigenvalue weighted by Gasteiger charge is -2.14. The number of nitrogens with one attached hydrogen (secondary N) is 1. The number of rotatable bonds is 5. The van der Waals surface area contributed by atoms with Gasteiger partial charge in [-0.05, 0) is 68.0 Å². The maximum absolute atomic E-state index is 12.5. The van der Waals surface area contributed by atoms with Crippen LogP contribution in [-0.2, 0) is 4.79 Å². The van der Waals surface area contributed by atoms with E-state index < -0.39 is 5.91 Å². The van der Waals surface area contributed by atoms with Crippen molar-refractivity contribution < 1.29 is 4.79 Å². The first-order chi connectivity index (χ1) is 13.9. The van der Waals surface area contributed by atoms with E-state index >= 15 is 0 Å². The smallest absolute Gasteiger partial charge is 0.266 e. The zero-order valence-electron chi connectivity index (χ0n) is 17.1. The molecular formula is C24H24N4O. The molecule has 0 spiro atoms. The van der Waals surface area contributed by atoms with E-state index in [1.807, 2.05) is 58.3 Å². The number of hydrogen-bond donors (Lipinski definition) is 1. The Balaban J connectivity index is 1.92. The Labute approximate surface area is 171 Å². The third-order valence-corrected chi connectivity index (χ3v) is 4.79. The van der Waals surface area contributed by atoms with E-state index in [0.717, 1.165) is 28.3 Å². The molecule has 0 aliphatic heterocycles. The van der Waals surface area contributed by atoms with Crippen LogP contribution < -0.4 is 10.2 Å². The SMILES string of the molecule is Cc1cc(/C=C(\C#N)C(=O)Nc2ccccc2)c(C)n1-c1ccc(N(C)C)cc1. The Hall–Kier alpha value is -3.78. The van der Waals surface area contributed by atoms with Crippen molar-refractivity contribution in [2.45, 2.75) is 13.8 Å². The topological polar surface area (TPSA) is 61.1 Å². The first kappa shape index (κ1) is 20.0. The van der Waals surface area contributed by atoms with Gasteiger partial charge in [0.2, 0.25) is 0 Å². The lowest BCUT2D eigenvalue weighted by Crippen LogP contribution is -2.13. The van der Waals surface area contributed by atoms with Gasteiger partial charge >= 0.3 is 0 Å². The molecule has 0 aliphatic carbocycles. The van der Waals surface area contributed by atoms with E-state index in [1.165, 1.54) is 0 Å². The summed E-state index contributed by atoms with van der Waals surface area (Å²) in [5, 5.41) is 12.3. The average molecular weight is 384 g/mol. The highest BCUT2D eigenvalue weighted by molar-refractivity contribution is 6.09. The molecular weight excluding hydrogens is 360 g/mol. The summed E-state index contributed by atoms with van der Waals surface area (Å²) in [4.78, 5) is 14.6. The standard InChI is InChI=1S/C24H24N4O/c1-17-14-19(15-20(16-25)24(29)26-21-8-6-5-7-9-21)18(2)28(17)23-12-10-22(11-13-23)27(3)4/h5-15H,1-4H3,(H,26,29)/b20-15+.